The molecule has 5 nitrogen and oxygen atoms in total. The molecule has 0 bridgehead atoms. The number of nitrogens with zero attached hydrogens (tertiary/aromatic N) is 2. The topological polar surface area (TPSA) is 52.7 Å². The molecular formula is C10H17N3O2. The van der Waals surface area contributed by atoms with Crippen molar-refractivity contribution in [2.45, 2.75) is 18.9 Å². The first kappa shape index (κ1) is 10.4. The minimum Gasteiger partial charge on any atom is -0.338 e. The normalized spacial score (nSPS) is 25.7. The van der Waals surface area contributed by atoms with E-state index in [0.29, 0.717) is 32.6 Å². The van der Waals surface area contributed by atoms with E-state index < -0.39 is 0 Å². The Bertz CT molecular complexity index is 280. The third kappa shape index (κ3) is 1.97. The summed E-state index contributed by atoms with van der Waals surface area (Å²) < 4.78 is 0. The van der Waals surface area contributed by atoms with Gasteiger partial charge in [-0.15, -0.1) is 0 Å². The fourth-order valence-electron chi connectivity index (χ4n) is 2.35. The Morgan fingerprint density at radius 2 is 2.33 bits per heavy atom. The standard InChI is InChI=1S/C10H17N3O2/c1-11-6-10(15)12-4-5-13-8(7-12)2-3-9(13)14/h8,11H,2-7H2,1H3. The zero-order valence-electron chi connectivity index (χ0n) is 9.03. The summed E-state index contributed by atoms with van der Waals surface area (Å²) in [4.78, 5) is 26.8. The summed E-state index contributed by atoms with van der Waals surface area (Å²) >= 11 is 0. The number of amides is 2. The maximum absolute atomic E-state index is 11.6. The average molecular weight is 211 g/mol. The summed E-state index contributed by atoms with van der Waals surface area (Å²) in [5, 5.41) is 2.86. The molecule has 0 aromatic rings. The summed E-state index contributed by atoms with van der Waals surface area (Å²) in [5.41, 5.74) is 0. The first-order valence-corrected chi connectivity index (χ1v) is 5.44. The first-order valence-electron chi connectivity index (χ1n) is 5.44. The van der Waals surface area contributed by atoms with E-state index in [1.165, 1.54) is 0 Å². The summed E-state index contributed by atoms with van der Waals surface area (Å²) in [5.74, 6) is 0.386. The van der Waals surface area contributed by atoms with Gasteiger partial charge in [-0.3, -0.25) is 9.59 Å². The molecule has 0 spiro atoms. The van der Waals surface area contributed by atoms with Crippen LogP contribution in [0.3, 0.4) is 0 Å². The molecule has 0 aliphatic carbocycles. The van der Waals surface area contributed by atoms with Crippen LogP contribution in [0.4, 0.5) is 0 Å². The minimum absolute atomic E-state index is 0.136. The van der Waals surface area contributed by atoms with Crippen LogP contribution in [0.5, 0.6) is 0 Å². The smallest absolute Gasteiger partial charge is 0.236 e. The van der Waals surface area contributed by atoms with Crippen LogP contribution in [0.25, 0.3) is 0 Å². The van der Waals surface area contributed by atoms with Crippen molar-refractivity contribution in [3.63, 3.8) is 0 Å². The number of likely N-dealkylation sites (N-methyl/N-ethyl adjacent to an activating group) is 1. The second-order valence-corrected chi connectivity index (χ2v) is 4.15. The van der Waals surface area contributed by atoms with Crippen LogP contribution >= 0.6 is 0 Å². The third-order valence-corrected chi connectivity index (χ3v) is 3.18. The number of nitrogens with one attached hydrogen (secondary N) is 1. The second-order valence-electron chi connectivity index (χ2n) is 4.15. The second kappa shape index (κ2) is 4.18. The summed E-state index contributed by atoms with van der Waals surface area (Å²) in [6, 6.07) is 0.270. The molecule has 0 aromatic carbocycles. The quantitative estimate of drug-likeness (QED) is 0.640. The van der Waals surface area contributed by atoms with Gasteiger partial charge in [0.25, 0.3) is 0 Å². The fourth-order valence-corrected chi connectivity index (χ4v) is 2.35. The molecule has 0 radical (unpaired) electrons. The van der Waals surface area contributed by atoms with Gasteiger partial charge in [-0.1, -0.05) is 0 Å². The van der Waals surface area contributed by atoms with E-state index in [1.54, 1.807) is 7.05 Å². The van der Waals surface area contributed by atoms with E-state index in [2.05, 4.69) is 5.32 Å². The number of hydrogen-bond acceptors (Lipinski definition) is 3. The Kier molecular flexibility index (Phi) is 2.90. The predicted octanol–water partition coefficient (Wildman–Crippen LogP) is -0.961. The predicted molar refractivity (Wildman–Crippen MR) is 55.2 cm³/mol. The van der Waals surface area contributed by atoms with Crippen molar-refractivity contribution in [1.82, 2.24) is 15.1 Å². The summed E-state index contributed by atoms with van der Waals surface area (Å²) in [7, 11) is 1.77. The number of piperazine rings is 1. The minimum atomic E-state index is 0.136. The molecule has 2 aliphatic rings. The van der Waals surface area contributed by atoms with Gasteiger partial charge in [-0.05, 0) is 13.5 Å². The Balaban J connectivity index is 1.93. The highest BCUT2D eigenvalue weighted by Crippen LogP contribution is 2.22. The maximum Gasteiger partial charge on any atom is 0.236 e. The zero-order chi connectivity index (χ0) is 10.8. The van der Waals surface area contributed by atoms with Crippen LogP contribution in [-0.2, 0) is 9.59 Å². The Morgan fingerprint density at radius 1 is 1.53 bits per heavy atom. The van der Waals surface area contributed by atoms with Crippen molar-refractivity contribution in [2.24, 2.45) is 0 Å². The lowest BCUT2D eigenvalue weighted by molar-refractivity contribution is -0.138. The fraction of sp³-hybridized carbons (Fsp3) is 0.800. The van der Waals surface area contributed by atoms with Gasteiger partial charge in [0.15, 0.2) is 0 Å². The molecule has 2 amide bonds. The van der Waals surface area contributed by atoms with Crippen LogP contribution in [-0.4, -0.2) is 60.9 Å². The zero-order valence-corrected chi connectivity index (χ0v) is 9.03. The van der Waals surface area contributed by atoms with E-state index in [-0.39, 0.29) is 17.9 Å². The third-order valence-electron chi connectivity index (χ3n) is 3.18. The average Bonchev–Trinajstić information content (AvgIpc) is 2.60. The van der Waals surface area contributed by atoms with Gasteiger partial charge in [0.1, 0.15) is 0 Å². The molecule has 0 saturated carbocycles. The summed E-state index contributed by atoms with van der Waals surface area (Å²) in [6.45, 7) is 2.49. The maximum atomic E-state index is 11.6. The van der Waals surface area contributed by atoms with Crippen LogP contribution in [0, 0.1) is 0 Å². The van der Waals surface area contributed by atoms with Gasteiger partial charge in [-0.25, -0.2) is 0 Å². The summed E-state index contributed by atoms with van der Waals surface area (Å²) in [6.07, 6.45) is 1.56. The number of carbonyl (C=O) groups excluding carboxylic acids is 2. The van der Waals surface area contributed by atoms with Gasteiger partial charge in [-0.2, -0.15) is 0 Å². The van der Waals surface area contributed by atoms with Crippen LogP contribution in [0.15, 0.2) is 0 Å². The highest BCUT2D eigenvalue weighted by Gasteiger charge is 2.36. The molecule has 2 heterocycles. The van der Waals surface area contributed by atoms with E-state index >= 15 is 0 Å². The van der Waals surface area contributed by atoms with Crippen LogP contribution in [0.2, 0.25) is 0 Å². The van der Waals surface area contributed by atoms with Gasteiger partial charge in [0, 0.05) is 32.1 Å². The Hall–Kier alpha value is -1.10. The first-order chi connectivity index (χ1) is 7.22. The van der Waals surface area contributed by atoms with Gasteiger partial charge >= 0.3 is 0 Å². The van der Waals surface area contributed by atoms with Gasteiger partial charge < -0.3 is 15.1 Å². The molecule has 1 N–H and O–H groups in total. The molecular weight excluding hydrogens is 194 g/mol. The number of carbonyl (C=O) groups is 2. The Labute approximate surface area is 89.4 Å². The molecule has 1 atom stereocenters. The van der Waals surface area contributed by atoms with Crippen molar-refractivity contribution in [3.05, 3.63) is 0 Å². The van der Waals surface area contributed by atoms with Gasteiger partial charge in [0.05, 0.1) is 6.54 Å². The Morgan fingerprint density at radius 3 is 3.07 bits per heavy atom. The van der Waals surface area contributed by atoms with E-state index in [4.69, 9.17) is 0 Å². The van der Waals surface area contributed by atoms with Crippen molar-refractivity contribution < 1.29 is 9.59 Å². The molecule has 15 heavy (non-hydrogen) atoms. The largest absolute Gasteiger partial charge is 0.338 e. The molecule has 2 aliphatic heterocycles. The SMILES string of the molecule is CNCC(=O)N1CCN2C(=O)CCC2C1. The monoisotopic (exact) mass is 211 g/mol. The van der Waals surface area contributed by atoms with Crippen molar-refractivity contribution in [3.8, 4) is 0 Å². The molecule has 0 aromatic heterocycles. The van der Waals surface area contributed by atoms with Crippen LogP contribution in [0.1, 0.15) is 12.8 Å². The lowest BCUT2D eigenvalue weighted by Crippen LogP contribution is -2.54. The van der Waals surface area contributed by atoms with Crippen LogP contribution < -0.4 is 5.32 Å². The van der Waals surface area contributed by atoms with Crippen molar-refractivity contribution >= 4 is 11.8 Å². The number of fused-ring (bicyclic) bond motifs is 1. The molecule has 2 rings (SSSR count). The molecule has 1 unspecified atom stereocenters. The van der Waals surface area contributed by atoms with Crippen molar-refractivity contribution in [1.29, 1.82) is 0 Å². The molecule has 2 saturated heterocycles. The highest BCUT2D eigenvalue weighted by molar-refractivity contribution is 5.81. The van der Waals surface area contributed by atoms with E-state index in [9.17, 15) is 9.59 Å². The molecule has 84 valence electrons. The lowest BCUT2D eigenvalue weighted by Gasteiger charge is -2.37. The van der Waals surface area contributed by atoms with E-state index in [1.807, 2.05) is 9.80 Å². The highest BCUT2D eigenvalue weighted by atomic mass is 16.2. The molecule has 5 heteroatoms. The number of rotatable bonds is 2. The molecule has 2 fully saturated rings. The lowest BCUT2D eigenvalue weighted by atomic mass is 10.1. The van der Waals surface area contributed by atoms with E-state index in [0.717, 1.165) is 6.42 Å². The number of hydrogen-bond donors (Lipinski definition) is 1. The van der Waals surface area contributed by atoms with Crippen molar-refractivity contribution in [2.75, 3.05) is 33.2 Å². The van der Waals surface area contributed by atoms with Gasteiger partial charge in [0.2, 0.25) is 11.8 Å².